The number of anilines is 1. The van der Waals surface area contributed by atoms with Crippen LogP contribution in [0.3, 0.4) is 0 Å². The summed E-state index contributed by atoms with van der Waals surface area (Å²) >= 11 is 0. The molecule has 1 unspecified atom stereocenters. The number of sulfonamides is 1. The standard InChI is InChI=1S/C38H43N3O5S/c1-29-18-24-35(25-19-29)47(44,45)41(33-20-22-34(46-2)23-21-33)28-37(42)40(27-31-14-8-4-9-15-31)36(26-30-12-6-3-7-13-30)38(43)39-32-16-10-5-11-17-32/h3-4,6-9,12-15,18-25,32,36H,5,10-11,16-17,26-28H2,1-2H3,(H,39,43). The van der Waals surface area contributed by atoms with E-state index in [9.17, 15) is 18.0 Å². The second kappa shape index (κ2) is 15.8. The molecule has 2 amide bonds. The van der Waals surface area contributed by atoms with Crippen molar-refractivity contribution in [3.05, 3.63) is 126 Å². The zero-order valence-electron chi connectivity index (χ0n) is 27.0. The minimum Gasteiger partial charge on any atom is -0.497 e. The van der Waals surface area contributed by atoms with Gasteiger partial charge in [0.1, 0.15) is 18.3 Å². The van der Waals surface area contributed by atoms with Gasteiger partial charge in [0.15, 0.2) is 0 Å². The zero-order chi connectivity index (χ0) is 33.2. The van der Waals surface area contributed by atoms with Crippen molar-refractivity contribution in [3.63, 3.8) is 0 Å². The fourth-order valence-corrected chi connectivity index (χ4v) is 7.41. The Morgan fingerprint density at radius 3 is 2.00 bits per heavy atom. The van der Waals surface area contributed by atoms with Gasteiger partial charge in [0, 0.05) is 19.0 Å². The normalized spacial score (nSPS) is 14.2. The molecule has 9 heteroatoms. The molecule has 0 saturated heterocycles. The Morgan fingerprint density at radius 2 is 1.40 bits per heavy atom. The fraction of sp³-hybridized carbons (Fsp3) is 0.316. The summed E-state index contributed by atoms with van der Waals surface area (Å²) in [6.07, 6.45) is 5.33. The molecule has 0 spiro atoms. The summed E-state index contributed by atoms with van der Waals surface area (Å²) in [6.45, 7) is 1.52. The van der Waals surface area contributed by atoms with Crippen LogP contribution in [0, 0.1) is 6.92 Å². The van der Waals surface area contributed by atoms with Crippen LogP contribution in [0.15, 0.2) is 114 Å². The number of nitrogens with one attached hydrogen (secondary N) is 1. The van der Waals surface area contributed by atoms with E-state index in [2.05, 4.69) is 5.32 Å². The van der Waals surface area contributed by atoms with Crippen LogP contribution in [0.1, 0.15) is 48.8 Å². The van der Waals surface area contributed by atoms with E-state index in [1.165, 1.54) is 7.11 Å². The lowest BCUT2D eigenvalue weighted by Gasteiger charge is -2.35. The number of carbonyl (C=O) groups excluding carboxylic acids is 2. The van der Waals surface area contributed by atoms with Crippen LogP contribution in [-0.2, 0) is 32.6 Å². The van der Waals surface area contributed by atoms with Gasteiger partial charge in [-0.1, -0.05) is 97.6 Å². The van der Waals surface area contributed by atoms with Gasteiger partial charge in [-0.25, -0.2) is 8.42 Å². The molecule has 1 aliphatic carbocycles. The number of hydrogen-bond donors (Lipinski definition) is 1. The molecule has 4 aromatic carbocycles. The monoisotopic (exact) mass is 653 g/mol. The van der Waals surface area contributed by atoms with Crippen LogP contribution in [-0.4, -0.2) is 50.9 Å². The van der Waals surface area contributed by atoms with Crippen molar-refractivity contribution in [1.29, 1.82) is 0 Å². The molecule has 1 atom stereocenters. The predicted octanol–water partition coefficient (Wildman–Crippen LogP) is 6.29. The highest BCUT2D eigenvalue weighted by Crippen LogP contribution is 2.27. The number of ether oxygens (including phenoxy) is 1. The highest BCUT2D eigenvalue weighted by atomic mass is 32.2. The van der Waals surface area contributed by atoms with Gasteiger partial charge in [-0.3, -0.25) is 13.9 Å². The van der Waals surface area contributed by atoms with E-state index in [0.717, 1.165) is 53.1 Å². The van der Waals surface area contributed by atoms with Gasteiger partial charge in [-0.2, -0.15) is 0 Å². The van der Waals surface area contributed by atoms with Gasteiger partial charge in [-0.05, 0) is 67.3 Å². The van der Waals surface area contributed by atoms with Crippen LogP contribution in [0.5, 0.6) is 5.75 Å². The first-order chi connectivity index (χ1) is 22.7. The topological polar surface area (TPSA) is 96.0 Å². The Labute approximate surface area is 278 Å². The van der Waals surface area contributed by atoms with Gasteiger partial charge in [0.2, 0.25) is 11.8 Å². The highest BCUT2D eigenvalue weighted by molar-refractivity contribution is 7.92. The first kappa shape index (κ1) is 33.7. The van der Waals surface area contributed by atoms with Crippen LogP contribution < -0.4 is 14.4 Å². The minimum absolute atomic E-state index is 0.0425. The molecule has 4 aromatic rings. The molecule has 246 valence electrons. The van der Waals surface area contributed by atoms with E-state index >= 15 is 0 Å². The molecule has 47 heavy (non-hydrogen) atoms. The summed E-state index contributed by atoms with van der Waals surface area (Å²) in [7, 11) is -2.64. The van der Waals surface area contributed by atoms with E-state index in [4.69, 9.17) is 4.74 Å². The summed E-state index contributed by atoms with van der Waals surface area (Å²) in [6, 6.07) is 31.4. The molecule has 0 aromatic heterocycles. The molecule has 0 heterocycles. The second-order valence-electron chi connectivity index (χ2n) is 12.1. The van der Waals surface area contributed by atoms with E-state index in [-0.39, 0.29) is 29.8 Å². The molecule has 1 N–H and O–H groups in total. The van der Waals surface area contributed by atoms with E-state index in [1.807, 2.05) is 67.6 Å². The summed E-state index contributed by atoms with van der Waals surface area (Å²) in [4.78, 5) is 30.4. The lowest BCUT2D eigenvalue weighted by atomic mass is 9.94. The Balaban J connectivity index is 1.55. The first-order valence-electron chi connectivity index (χ1n) is 16.2. The predicted molar refractivity (Wildman–Crippen MR) is 185 cm³/mol. The zero-order valence-corrected chi connectivity index (χ0v) is 27.9. The maximum absolute atomic E-state index is 14.6. The van der Waals surface area contributed by atoms with Crippen LogP contribution >= 0.6 is 0 Å². The van der Waals surface area contributed by atoms with Crippen LogP contribution in [0.25, 0.3) is 0 Å². The summed E-state index contributed by atoms with van der Waals surface area (Å²) in [5.74, 6) is -0.164. The quantitative estimate of drug-likeness (QED) is 0.183. The van der Waals surface area contributed by atoms with Gasteiger partial charge < -0.3 is 15.0 Å². The third-order valence-electron chi connectivity index (χ3n) is 8.67. The number of carbonyl (C=O) groups is 2. The summed E-state index contributed by atoms with van der Waals surface area (Å²) in [5.41, 5.74) is 2.96. The second-order valence-corrected chi connectivity index (χ2v) is 13.9. The molecule has 1 aliphatic rings. The number of methoxy groups -OCH3 is 1. The van der Waals surface area contributed by atoms with Crippen molar-refractivity contribution in [2.24, 2.45) is 0 Å². The SMILES string of the molecule is COc1ccc(N(CC(=O)N(Cc2ccccc2)C(Cc2ccccc2)C(=O)NC2CCCCC2)S(=O)(=O)c2ccc(C)cc2)cc1. The lowest BCUT2D eigenvalue weighted by molar-refractivity contribution is -0.140. The van der Waals surface area contributed by atoms with Gasteiger partial charge in [0.05, 0.1) is 17.7 Å². The summed E-state index contributed by atoms with van der Waals surface area (Å²) < 4.78 is 34.9. The maximum Gasteiger partial charge on any atom is 0.264 e. The number of aryl methyl sites for hydroxylation is 1. The number of nitrogens with zero attached hydrogens (tertiary/aromatic N) is 2. The third kappa shape index (κ3) is 8.80. The van der Waals surface area contributed by atoms with Crippen molar-refractivity contribution < 1.29 is 22.7 Å². The van der Waals surface area contributed by atoms with E-state index in [0.29, 0.717) is 11.4 Å². The molecular formula is C38H43N3O5S. The van der Waals surface area contributed by atoms with Crippen molar-refractivity contribution in [2.75, 3.05) is 18.0 Å². The molecule has 8 nitrogen and oxygen atoms in total. The number of hydrogen-bond acceptors (Lipinski definition) is 5. The Hall–Kier alpha value is -4.63. The third-order valence-corrected chi connectivity index (χ3v) is 10.5. The summed E-state index contributed by atoms with van der Waals surface area (Å²) in [5, 5.41) is 3.24. The first-order valence-corrected chi connectivity index (χ1v) is 17.6. The van der Waals surface area contributed by atoms with Crippen LogP contribution in [0.4, 0.5) is 5.69 Å². The number of amides is 2. The van der Waals surface area contributed by atoms with Gasteiger partial charge in [-0.15, -0.1) is 0 Å². The number of rotatable bonds is 13. The minimum atomic E-state index is -4.17. The largest absolute Gasteiger partial charge is 0.497 e. The van der Waals surface area contributed by atoms with Crippen LogP contribution in [0.2, 0.25) is 0 Å². The number of benzene rings is 4. The molecule has 0 bridgehead atoms. The molecule has 5 rings (SSSR count). The van der Waals surface area contributed by atoms with Gasteiger partial charge in [0.25, 0.3) is 10.0 Å². The molecule has 0 radical (unpaired) electrons. The van der Waals surface area contributed by atoms with E-state index < -0.39 is 28.5 Å². The lowest BCUT2D eigenvalue weighted by Crippen LogP contribution is -2.55. The van der Waals surface area contributed by atoms with Crippen molar-refractivity contribution >= 4 is 27.5 Å². The average Bonchev–Trinajstić information content (AvgIpc) is 3.10. The maximum atomic E-state index is 14.6. The fourth-order valence-electron chi connectivity index (χ4n) is 5.99. The van der Waals surface area contributed by atoms with Gasteiger partial charge >= 0.3 is 0 Å². The smallest absolute Gasteiger partial charge is 0.264 e. The highest BCUT2D eigenvalue weighted by Gasteiger charge is 2.35. The molecule has 1 fully saturated rings. The molecular weight excluding hydrogens is 611 g/mol. The Kier molecular flexibility index (Phi) is 11.3. The molecule has 1 saturated carbocycles. The van der Waals surface area contributed by atoms with E-state index in [1.54, 1.807) is 53.4 Å². The average molecular weight is 654 g/mol. The Morgan fingerprint density at radius 1 is 0.809 bits per heavy atom. The van der Waals surface area contributed by atoms with Crippen molar-refractivity contribution in [3.8, 4) is 5.75 Å². The Bertz CT molecular complexity index is 1710. The van der Waals surface area contributed by atoms with Crippen molar-refractivity contribution in [1.82, 2.24) is 10.2 Å². The van der Waals surface area contributed by atoms with Crippen molar-refractivity contribution in [2.45, 2.75) is 69.0 Å². The molecule has 0 aliphatic heterocycles.